The van der Waals surface area contributed by atoms with Crippen LogP contribution in [-0.2, 0) is 9.53 Å². The lowest BCUT2D eigenvalue weighted by Gasteiger charge is -2.10. The van der Waals surface area contributed by atoms with Gasteiger partial charge in [-0.2, -0.15) is 0 Å². The Morgan fingerprint density at radius 3 is 2.38 bits per heavy atom. The van der Waals surface area contributed by atoms with Gasteiger partial charge in [-0.05, 0) is 6.92 Å². The Morgan fingerprint density at radius 1 is 1.75 bits per heavy atom. The molecular weight excluding hydrogens is 106 g/mol. The van der Waals surface area contributed by atoms with Crippen molar-refractivity contribution in [1.29, 1.82) is 0 Å². The highest BCUT2D eigenvalue weighted by Crippen LogP contribution is 1.88. The van der Waals surface area contributed by atoms with Crippen molar-refractivity contribution in [3.8, 4) is 0 Å². The van der Waals surface area contributed by atoms with Crippen molar-refractivity contribution < 1.29 is 9.53 Å². The minimum atomic E-state index is -0.486. The maximum Gasteiger partial charge on any atom is 0.139 e. The topological polar surface area (TPSA) is 52.3 Å². The number of carbonyl (C=O) groups is 1. The summed E-state index contributed by atoms with van der Waals surface area (Å²) >= 11 is 0. The first-order valence-corrected chi connectivity index (χ1v) is 2.46. The Labute approximate surface area is 48.8 Å². The van der Waals surface area contributed by atoms with Crippen molar-refractivity contribution in [2.75, 3.05) is 7.11 Å². The van der Waals surface area contributed by atoms with E-state index in [4.69, 9.17) is 10.5 Å². The molecule has 3 nitrogen and oxygen atoms in total. The van der Waals surface area contributed by atoms with Crippen LogP contribution >= 0.6 is 0 Å². The molecule has 2 atom stereocenters. The second-order valence-corrected chi connectivity index (χ2v) is 1.65. The molecule has 8 heavy (non-hydrogen) atoms. The van der Waals surface area contributed by atoms with Crippen LogP contribution in [-0.4, -0.2) is 25.5 Å². The second-order valence-electron chi connectivity index (χ2n) is 1.65. The zero-order valence-electron chi connectivity index (χ0n) is 5.13. The van der Waals surface area contributed by atoms with E-state index in [1.165, 1.54) is 7.11 Å². The van der Waals surface area contributed by atoms with Crippen LogP contribution < -0.4 is 5.73 Å². The van der Waals surface area contributed by atoms with Gasteiger partial charge in [-0.1, -0.05) is 0 Å². The van der Waals surface area contributed by atoms with Crippen LogP contribution in [0.1, 0.15) is 6.92 Å². The third kappa shape index (κ3) is 2.04. The van der Waals surface area contributed by atoms with Gasteiger partial charge in [-0.15, -0.1) is 0 Å². The van der Waals surface area contributed by atoms with Gasteiger partial charge >= 0.3 is 0 Å². The number of methoxy groups -OCH3 is 1. The van der Waals surface area contributed by atoms with Crippen molar-refractivity contribution in [2.45, 2.75) is 19.1 Å². The van der Waals surface area contributed by atoms with Gasteiger partial charge in [0.1, 0.15) is 6.29 Å². The molecule has 0 aliphatic carbocycles. The lowest BCUT2D eigenvalue weighted by molar-refractivity contribution is -0.111. The summed E-state index contributed by atoms with van der Waals surface area (Å²) in [6, 6.07) is -0.486. The number of rotatable bonds is 3. The maximum atomic E-state index is 9.90. The fourth-order valence-corrected chi connectivity index (χ4v) is 0.268. The summed E-state index contributed by atoms with van der Waals surface area (Å²) in [7, 11) is 1.52. The van der Waals surface area contributed by atoms with Gasteiger partial charge in [0.25, 0.3) is 0 Å². The third-order valence-corrected chi connectivity index (χ3v) is 1.07. The van der Waals surface area contributed by atoms with Crippen LogP contribution in [0.15, 0.2) is 0 Å². The second kappa shape index (κ2) is 3.57. The van der Waals surface area contributed by atoms with Gasteiger partial charge < -0.3 is 15.3 Å². The molecule has 0 aliphatic heterocycles. The summed E-state index contributed by atoms with van der Waals surface area (Å²) in [5.41, 5.74) is 5.23. The summed E-state index contributed by atoms with van der Waals surface area (Å²) in [6.45, 7) is 1.75. The largest absolute Gasteiger partial charge is 0.380 e. The molecule has 0 rings (SSSR count). The molecular formula is C5H11NO2. The number of carbonyl (C=O) groups excluding carboxylic acids is 1. The van der Waals surface area contributed by atoms with Crippen molar-refractivity contribution >= 4 is 6.29 Å². The Bertz CT molecular complexity index is 74.8. The zero-order valence-corrected chi connectivity index (χ0v) is 5.13. The molecule has 0 fully saturated rings. The van der Waals surface area contributed by atoms with Gasteiger partial charge in [0, 0.05) is 7.11 Å². The molecule has 0 spiro atoms. The van der Waals surface area contributed by atoms with E-state index in [0.29, 0.717) is 6.29 Å². The van der Waals surface area contributed by atoms with E-state index in [1.807, 2.05) is 0 Å². The van der Waals surface area contributed by atoms with Crippen LogP contribution in [0.25, 0.3) is 0 Å². The smallest absolute Gasteiger partial charge is 0.139 e. The maximum absolute atomic E-state index is 9.90. The van der Waals surface area contributed by atoms with E-state index in [9.17, 15) is 4.79 Å². The molecule has 3 heteroatoms. The predicted octanol–water partition coefficient (Wildman–Crippen LogP) is -0.453. The van der Waals surface area contributed by atoms with Gasteiger partial charge in [0.15, 0.2) is 0 Å². The number of aldehydes is 1. The van der Waals surface area contributed by atoms with E-state index in [2.05, 4.69) is 0 Å². The molecule has 1 unspecified atom stereocenters. The fourth-order valence-electron chi connectivity index (χ4n) is 0.268. The zero-order chi connectivity index (χ0) is 6.57. The molecule has 0 saturated carbocycles. The molecule has 0 radical (unpaired) electrons. The molecule has 0 saturated heterocycles. The fraction of sp³-hybridized carbons (Fsp3) is 0.800. The molecule has 2 N–H and O–H groups in total. The molecule has 0 heterocycles. The minimum Gasteiger partial charge on any atom is -0.380 e. The highest BCUT2D eigenvalue weighted by molar-refractivity contribution is 5.57. The first kappa shape index (κ1) is 7.59. The Kier molecular flexibility index (Phi) is 3.39. The first-order chi connectivity index (χ1) is 3.72. The van der Waals surface area contributed by atoms with Crippen LogP contribution in [0.2, 0.25) is 0 Å². The molecule has 0 amide bonds. The highest BCUT2D eigenvalue weighted by atomic mass is 16.5. The van der Waals surface area contributed by atoms with Gasteiger partial charge in [0.05, 0.1) is 12.1 Å². The Balaban J connectivity index is 3.44. The van der Waals surface area contributed by atoms with Crippen molar-refractivity contribution in [3.05, 3.63) is 0 Å². The highest BCUT2D eigenvalue weighted by Gasteiger charge is 2.08. The van der Waals surface area contributed by atoms with E-state index in [0.717, 1.165) is 0 Å². The third-order valence-electron chi connectivity index (χ3n) is 1.07. The average molecular weight is 117 g/mol. The number of ether oxygens (including phenoxy) is 1. The lowest BCUT2D eigenvalue weighted by Crippen LogP contribution is -2.34. The van der Waals surface area contributed by atoms with Gasteiger partial charge in [-0.3, -0.25) is 0 Å². The van der Waals surface area contributed by atoms with Crippen molar-refractivity contribution in [1.82, 2.24) is 0 Å². The van der Waals surface area contributed by atoms with Gasteiger partial charge in [0.2, 0.25) is 0 Å². The minimum absolute atomic E-state index is 0.174. The van der Waals surface area contributed by atoms with Crippen LogP contribution in [0, 0.1) is 0 Å². The predicted molar refractivity (Wildman–Crippen MR) is 30.5 cm³/mol. The summed E-state index contributed by atoms with van der Waals surface area (Å²) in [5.74, 6) is 0. The number of nitrogens with two attached hydrogens (primary N) is 1. The van der Waals surface area contributed by atoms with Gasteiger partial charge in [-0.25, -0.2) is 0 Å². The molecule has 0 aromatic rings. The monoisotopic (exact) mass is 117 g/mol. The number of hydrogen-bond donors (Lipinski definition) is 1. The quantitative estimate of drug-likeness (QED) is 0.509. The lowest BCUT2D eigenvalue weighted by atomic mass is 10.2. The van der Waals surface area contributed by atoms with E-state index in [1.54, 1.807) is 6.92 Å². The molecule has 0 aromatic carbocycles. The SMILES string of the molecule is COC(C)[C@@H](N)C=O. The molecule has 0 aliphatic rings. The normalized spacial score (nSPS) is 17.4. The molecule has 48 valence electrons. The molecule has 0 aromatic heterocycles. The summed E-state index contributed by atoms with van der Waals surface area (Å²) in [6.07, 6.45) is 0.501. The average Bonchev–Trinajstić information content (AvgIpc) is 1.84. The Hall–Kier alpha value is -0.410. The van der Waals surface area contributed by atoms with Crippen molar-refractivity contribution in [2.24, 2.45) is 5.73 Å². The summed E-state index contributed by atoms with van der Waals surface area (Å²) in [4.78, 5) is 9.90. The summed E-state index contributed by atoms with van der Waals surface area (Å²) in [5, 5.41) is 0. The Morgan fingerprint density at radius 2 is 2.25 bits per heavy atom. The number of hydrogen-bond acceptors (Lipinski definition) is 3. The van der Waals surface area contributed by atoms with E-state index >= 15 is 0 Å². The van der Waals surface area contributed by atoms with Crippen LogP contribution in [0.3, 0.4) is 0 Å². The first-order valence-electron chi connectivity index (χ1n) is 2.46. The van der Waals surface area contributed by atoms with Crippen molar-refractivity contribution in [3.63, 3.8) is 0 Å². The summed E-state index contributed by atoms with van der Waals surface area (Å²) < 4.78 is 4.75. The molecule has 0 bridgehead atoms. The van der Waals surface area contributed by atoms with Crippen LogP contribution in [0.5, 0.6) is 0 Å². The van der Waals surface area contributed by atoms with E-state index < -0.39 is 6.04 Å². The standard InChI is InChI=1S/C5H11NO2/c1-4(8-2)5(6)3-7/h3-5H,6H2,1-2H3/t4?,5-/m0/s1. The van der Waals surface area contributed by atoms with Crippen LogP contribution in [0.4, 0.5) is 0 Å². The van der Waals surface area contributed by atoms with E-state index in [-0.39, 0.29) is 6.10 Å².